The molecule has 1 heterocycles. The number of amides is 1. The largest absolute Gasteiger partial charge is 0.493 e. The summed E-state index contributed by atoms with van der Waals surface area (Å²) in [5, 5.41) is 5.67. The average molecular weight is 457 g/mol. The van der Waals surface area contributed by atoms with Crippen LogP contribution in [0, 0.1) is 0 Å². The third kappa shape index (κ3) is 6.48. The van der Waals surface area contributed by atoms with Gasteiger partial charge in [-0.2, -0.15) is 13.2 Å². The van der Waals surface area contributed by atoms with Crippen LogP contribution in [0.1, 0.15) is 57.6 Å². The third-order valence-corrected chi connectivity index (χ3v) is 5.33. The molecule has 0 spiro atoms. The second-order valence-electron chi connectivity index (χ2n) is 8.19. The highest BCUT2D eigenvalue weighted by atomic mass is 19.4. The van der Waals surface area contributed by atoms with Crippen molar-refractivity contribution in [2.75, 3.05) is 20.2 Å². The lowest BCUT2D eigenvalue weighted by molar-refractivity contribution is -0.136. The van der Waals surface area contributed by atoms with Gasteiger partial charge in [0.1, 0.15) is 11.3 Å². The summed E-state index contributed by atoms with van der Waals surface area (Å²) in [7, 11) is 1.73. The predicted octanol–water partition coefficient (Wildman–Crippen LogP) is 4.43. The number of ether oxygens (including phenoxy) is 1. The number of carbonyl (C=O) groups excluding carboxylic acids is 1. The first kappa shape index (κ1) is 25.7. The molecule has 1 aromatic heterocycles. The quantitative estimate of drug-likeness (QED) is 0.386. The van der Waals surface area contributed by atoms with Gasteiger partial charge in [-0.05, 0) is 58.7 Å². The molecule has 32 heavy (non-hydrogen) atoms. The van der Waals surface area contributed by atoms with E-state index in [2.05, 4.69) is 10.6 Å². The standard InChI is InChI=1S/C23H31F3N2O4/c1-5-9-16-18(31-13-8-6-7-12-28-21(30)22(2,3)27-4)11-10-15-17(23(24,25)26)14-19(29)32-20(15)16/h10-11,14,27H,5-9,12-13H2,1-4H3,(H,28,30). The van der Waals surface area contributed by atoms with Gasteiger partial charge in [0.15, 0.2) is 0 Å². The fourth-order valence-electron chi connectivity index (χ4n) is 3.24. The van der Waals surface area contributed by atoms with E-state index in [1.54, 1.807) is 20.9 Å². The SMILES string of the molecule is CCCc1c(OCCCCCNC(=O)C(C)(C)NC)ccc2c(C(F)(F)F)cc(=O)oc12. The summed E-state index contributed by atoms with van der Waals surface area (Å²) >= 11 is 0. The van der Waals surface area contributed by atoms with Crippen LogP contribution in [-0.2, 0) is 17.4 Å². The fourth-order valence-corrected chi connectivity index (χ4v) is 3.24. The van der Waals surface area contributed by atoms with E-state index in [9.17, 15) is 22.8 Å². The zero-order chi connectivity index (χ0) is 23.9. The molecule has 0 radical (unpaired) electrons. The first-order valence-electron chi connectivity index (χ1n) is 10.8. The van der Waals surface area contributed by atoms with Crippen LogP contribution in [0.4, 0.5) is 13.2 Å². The smallest absolute Gasteiger partial charge is 0.417 e. The van der Waals surface area contributed by atoms with Crippen LogP contribution in [-0.4, -0.2) is 31.6 Å². The number of hydrogen-bond acceptors (Lipinski definition) is 5. The van der Waals surface area contributed by atoms with Gasteiger partial charge in [-0.15, -0.1) is 0 Å². The molecular weight excluding hydrogens is 425 g/mol. The summed E-state index contributed by atoms with van der Waals surface area (Å²) < 4.78 is 51.1. The molecule has 9 heteroatoms. The van der Waals surface area contributed by atoms with E-state index in [4.69, 9.17) is 9.15 Å². The number of rotatable bonds is 11. The van der Waals surface area contributed by atoms with Crippen molar-refractivity contribution >= 4 is 16.9 Å². The highest BCUT2D eigenvalue weighted by molar-refractivity contribution is 5.86. The minimum atomic E-state index is -4.65. The first-order valence-corrected chi connectivity index (χ1v) is 10.8. The van der Waals surface area contributed by atoms with Crippen LogP contribution in [0.25, 0.3) is 11.0 Å². The second kappa shape index (κ2) is 10.8. The zero-order valence-corrected chi connectivity index (χ0v) is 18.9. The lowest BCUT2D eigenvalue weighted by atomic mass is 10.0. The molecule has 1 aromatic carbocycles. The van der Waals surface area contributed by atoms with Crippen molar-refractivity contribution in [1.29, 1.82) is 0 Å². The first-order chi connectivity index (χ1) is 15.0. The lowest BCUT2D eigenvalue weighted by Crippen LogP contribution is -2.51. The minimum absolute atomic E-state index is 0.0703. The molecule has 0 aliphatic rings. The summed E-state index contributed by atoms with van der Waals surface area (Å²) in [5.41, 5.74) is -2.27. The number of hydrogen-bond donors (Lipinski definition) is 2. The molecule has 0 bridgehead atoms. The number of carbonyl (C=O) groups is 1. The summed E-state index contributed by atoms with van der Waals surface area (Å²) in [6.07, 6.45) is -1.29. The van der Waals surface area contributed by atoms with Gasteiger partial charge in [-0.25, -0.2) is 4.79 Å². The molecule has 0 aliphatic heterocycles. The number of halogens is 3. The summed E-state index contributed by atoms with van der Waals surface area (Å²) in [5.74, 6) is 0.349. The Hall–Kier alpha value is -2.55. The molecule has 0 atom stereocenters. The number of benzene rings is 1. The van der Waals surface area contributed by atoms with Gasteiger partial charge in [0.05, 0.1) is 17.7 Å². The van der Waals surface area contributed by atoms with E-state index in [1.165, 1.54) is 12.1 Å². The van der Waals surface area contributed by atoms with E-state index < -0.39 is 22.9 Å². The van der Waals surface area contributed by atoms with Gasteiger partial charge in [-0.3, -0.25) is 4.79 Å². The van der Waals surface area contributed by atoms with Gasteiger partial charge in [-0.1, -0.05) is 13.3 Å². The van der Waals surface area contributed by atoms with Crippen LogP contribution in [0.3, 0.4) is 0 Å². The van der Waals surface area contributed by atoms with Crippen molar-refractivity contribution in [3.05, 3.63) is 39.7 Å². The molecule has 0 unspecified atom stereocenters. The summed E-state index contributed by atoms with van der Waals surface area (Å²) in [6, 6.07) is 3.27. The molecule has 0 saturated carbocycles. The molecule has 2 aromatic rings. The van der Waals surface area contributed by atoms with Crippen LogP contribution in [0.2, 0.25) is 0 Å². The Bertz CT molecular complexity index is 984. The number of nitrogens with one attached hydrogen (secondary N) is 2. The number of aryl methyl sites for hydroxylation is 1. The van der Waals surface area contributed by atoms with Crippen molar-refractivity contribution < 1.29 is 27.1 Å². The van der Waals surface area contributed by atoms with E-state index >= 15 is 0 Å². The molecule has 178 valence electrons. The minimum Gasteiger partial charge on any atom is -0.493 e. The highest BCUT2D eigenvalue weighted by Gasteiger charge is 2.34. The number of alkyl halides is 3. The Morgan fingerprint density at radius 1 is 1.16 bits per heavy atom. The maximum absolute atomic E-state index is 13.4. The van der Waals surface area contributed by atoms with Gasteiger partial charge >= 0.3 is 11.8 Å². The van der Waals surface area contributed by atoms with Gasteiger partial charge in [0.25, 0.3) is 0 Å². The highest BCUT2D eigenvalue weighted by Crippen LogP contribution is 2.37. The van der Waals surface area contributed by atoms with Crippen molar-refractivity contribution in [3.63, 3.8) is 0 Å². The maximum atomic E-state index is 13.4. The van der Waals surface area contributed by atoms with Crippen molar-refractivity contribution in [1.82, 2.24) is 10.6 Å². The molecule has 2 N–H and O–H groups in total. The number of fused-ring (bicyclic) bond motifs is 1. The Morgan fingerprint density at radius 3 is 2.50 bits per heavy atom. The molecular formula is C23H31F3N2O4. The topological polar surface area (TPSA) is 80.6 Å². The van der Waals surface area contributed by atoms with E-state index in [0.29, 0.717) is 49.8 Å². The summed E-state index contributed by atoms with van der Waals surface area (Å²) in [6.45, 7) is 6.40. The van der Waals surface area contributed by atoms with Crippen LogP contribution >= 0.6 is 0 Å². The van der Waals surface area contributed by atoms with Gasteiger partial charge in [0.2, 0.25) is 5.91 Å². The van der Waals surface area contributed by atoms with Crippen molar-refractivity contribution in [3.8, 4) is 5.75 Å². The average Bonchev–Trinajstić information content (AvgIpc) is 2.73. The molecule has 1 amide bonds. The predicted molar refractivity (Wildman–Crippen MR) is 117 cm³/mol. The Kier molecular flexibility index (Phi) is 8.72. The molecule has 0 fully saturated rings. The van der Waals surface area contributed by atoms with Crippen LogP contribution in [0.15, 0.2) is 27.4 Å². The molecule has 2 rings (SSSR count). The van der Waals surface area contributed by atoms with Crippen molar-refractivity contribution in [2.24, 2.45) is 0 Å². The zero-order valence-electron chi connectivity index (χ0n) is 18.9. The van der Waals surface area contributed by atoms with E-state index in [-0.39, 0.29) is 16.9 Å². The van der Waals surface area contributed by atoms with E-state index in [0.717, 1.165) is 12.8 Å². The van der Waals surface area contributed by atoms with Crippen LogP contribution < -0.4 is 21.0 Å². The summed E-state index contributed by atoms with van der Waals surface area (Å²) in [4.78, 5) is 23.8. The molecule has 6 nitrogen and oxygen atoms in total. The lowest BCUT2D eigenvalue weighted by Gasteiger charge is -2.22. The van der Waals surface area contributed by atoms with Crippen LogP contribution in [0.5, 0.6) is 5.75 Å². The van der Waals surface area contributed by atoms with Gasteiger partial charge in [0, 0.05) is 23.6 Å². The second-order valence-corrected chi connectivity index (χ2v) is 8.19. The monoisotopic (exact) mass is 456 g/mol. The number of likely N-dealkylation sites (N-methyl/N-ethyl adjacent to an activating group) is 1. The number of unbranched alkanes of at least 4 members (excludes halogenated alkanes) is 2. The normalized spacial score (nSPS) is 12.2. The third-order valence-electron chi connectivity index (χ3n) is 5.33. The maximum Gasteiger partial charge on any atom is 0.417 e. The van der Waals surface area contributed by atoms with Gasteiger partial charge < -0.3 is 19.8 Å². The fraction of sp³-hybridized carbons (Fsp3) is 0.565. The molecule has 0 saturated heterocycles. The Morgan fingerprint density at radius 2 is 1.88 bits per heavy atom. The van der Waals surface area contributed by atoms with Crippen molar-refractivity contribution in [2.45, 2.75) is 64.6 Å². The Balaban J connectivity index is 2.02. The molecule has 0 aliphatic carbocycles. The Labute approximate surface area is 185 Å². The van der Waals surface area contributed by atoms with E-state index in [1.807, 2.05) is 6.92 Å².